The van der Waals surface area contributed by atoms with Crippen molar-refractivity contribution in [3.8, 4) is 0 Å². The lowest BCUT2D eigenvalue weighted by atomic mass is 10.1. The van der Waals surface area contributed by atoms with Gasteiger partial charge in [0, 0.05) is 45.7 Å². The maximum atomic E-state index is 5.73. The fraction of sp³-hybridized carbons (Fsp3) is 0.750. The van der Waals surface area contributed by atoms with E-state index in [0.29, 0.717) is 12.6 Å². The third kappa shape index (κ3) is 5.35. The number of aromatic nitrogens is 1. The monoisotopic (exact) mass is 339 g/mol. The third-order valence-corrected chi connectivity index (χ3v) is 4.85. The molecule has 2 heterocycles. The Morgan fingerprint density at radius 1 is 1.43 bits per heavy atom. The first-order valence-corrected chi connectivity index (χ1v) is 9.28. The molecule has 0 aliphatic carbocycles. The van der Waals surface area contributed by atoms with Gasteiger partial charge in [0.15, 0.2) is 11.1 Å². The van der Waals surface area contributed by atoms with E-state index in [2.05, 4.69) is 34.4 Å². The minimum atomic E-state index is 0.403. The summed E-state index contributed by atoms with van der Waals surface area (Å²) < 4.78 is 5.73. The summed E-state index contributed by atoms with van der Waals surface area (Å²) in [5, 5.41) is 6.51. The van der Waals surface area contributed by atoms with Gasteiger partial charge in [0.25, 0.3) is 0 Å². The molecule has 0 spiro atoms. The minimum absolute atomic E-state index is 0.403. The summed E-state index contributed by atoms with van der Waals surface area (Å²) in [5.41, 5.74) is 1.03. The summed E-state index contributed by atoms with van der Waals surface area (Å²) in [6.07, 6.45) is 2.54. The molecule has 7 heteroatoms. The highest BCUT2D eigenvalue weighted by Crippen LogP contribution is 2.19. The Kier molecular flexibility index (Phi) is 7.11. The van der Waals surface area contributed by atoms with Crippen LogP contribution in [0.4, 0.5) is 5.13 Å². The lowest BCUT2D eigenvalue weighted by Crippen LogP contribution is -2.47. The van der Waals surface area contributed by atoms with Crippen molar-refractivity contribution < 1.29 is 4.74 Å². The Morgan fingerprint density at radius 2 is 2.17 bits per heavy atom. The van der Waals surface area contributed by atoms with Crippen LogP contribution in [0.3, 0.4) is 0 Å². The summed E-state index contributed by atoms with van der Waals surface area (Å²) in [7, 11) is 4.02. The van der Waals surface area contributed by atoms with E-state index in [-0.39, 0.29) is 0 Å². The first kappa shape index (κ1) is 18.0. The molecule has 1 aliphatic heterocycles. The number of hydrogen-bond donors (Lipinski definition) is 1. The van der Waals surface area contributed by atoms with Crippen molar-refractivity contribution in [2.24, 2.45) is 4.99 Å². The maximum absolute atomic E-state index is 5.73. The van der Waals surface area contributed by atoms with Gasteiger partial charge in [-0.3, -0.25) is 0 Å². The van der Waals surface area contributed by atoms with Gasteiger partial charge >= 0.3 is 0 Å². The number of likely N-dealkylation sites (tertiary alicyclic amines) is 1. The van der Waals surface area contributed by atoms with Crippen LogP contribution in [0.2, 0.25) is 0 Å². The zero-order chi connectivity index (χ0) is 16.7. The third-order valence-electron chi connectivity index (χ3n) is 3.79. The number of hydrogen-bond acceptors (Lipinski definition) is 5. The van der Waals surface area contributed by atoms with Crippen LogP contribution < -0.4 is 10.2 Å². The minimum Gasteiger partial charge on any atom is -0.378 e. The molecule has 1 aliphatic rings. The normalized spacial score (nSPS) is 16.7. The van der Waals surface area contributed by atoms with Gasteiger partial charge < -0.3 is 19.9 Å². The first-order valence-electron chi connectivity index (χ1n) is 8.40. The van der Waals surface area contributed by atoms with Gasteiger partial charge in [-0.25, -0.2) is 9.98 Å². The molecule has 1 saturated heterocycles. The number of rotatable bonds is 6. The highest BCUT2D eigenvalue weighted by atomic mass is 32.1. The SMILES string of the molecule is CCNC(=NCc1csc(N(C)C)n1)N1CCC(OCC)CC1. The predicted molar refractivity (Wildman–Crippen MR) is 97.5 cm³/mol. The zero-order valence-corrected chi connectivity index (χ0v) is 15.5. The molecule has 0 aromatic carbocycles. The number of nitrogens with one attached hydrogen (secondary N) is 1. The average Bonchev–Trinajstić information content (AvgIpc) is 3.02. The number of piperidine rings is 1. The van der Waals surface area contributed by atoms with Crippen LogP contribution in [0.1, 0.15) is 32.4 Å². The van der Waals surface area contributed by atoms with Crippen molar-refractivity contribution in [2.75, 3.05) is 45.2 Å². The second-order valence-electron chi connectivity index (χ2n) is 5.83. The fourth-order valence-corrected chi connectivity index (χ4v) is 3.38. The molecule has 1 aromatic rings. The summed E-state index contributed by atoms with van der Waals surface area (Å²) in [6.45, 7) is 8.47. The van der Waals surface area contributed by atoms with Gasteiger partial charge in [-0.15, -0.1) is 11.3 Å². The van der Waals surface area contributed by atoms with Gasteiger partial charge in [-0.05, 0) is 26.7 Å². The van der Waals surface area contributed by atoms with Crippen molar-refractivity contribution in [3.63, 3.8) is 0 Å². The number of aliphatic imine (C=N–C) groups is 1. The van der Waals surface area contributed by atoms with E-state index < -0.39 is 0 Å². The topological polar surface area (TPSA) is 53.0 Å². The molecule has 0 bridgehead atoms. The standard InChI is InChI=1S/C16H29N5OS/c1-5-17-15(21-9-7-14(8-10-21)22-6-2)18-11-13-12-23-16(19-13)20(3)4/h12,14H,5-11H2,1-4H3,(H,17,18). The molecule has 1 aromatic heterocycles. The van der Waals surface area contributed by atoms with Crippen LogP contribution in [0.5, 0.6) is 0 Å². The van der Waals surface area contributed by atoms with Gasteiger partial charge in [0.1, 0.15) is 0 Å². The van der Waals surface area contributed by atoms with Crippen molar-refractivity contribution in [1.29, 1.82) is 0 Å². The average molecular weight is 340 g/mol. The smallest absolute Gasteiger partial charge is 0.194 e. The van der Waals surface area contributed by atoms with E-state index in [0.717, 1.165) is 55.9 Å². The van der Waals surface area contributed by atoms with E-state index in [1.54, 1.807) is 11.3 Å². The predicted octanol–water partition coefficient (Wildman–Crippen LogP) is 2.18. The van der Waals surface area contributed by atoms with E-state index in [1.165, 1.54) is 0 Å². The second kappa shape index (κ2) is 9.08. The molecule has 0 radical (unpaired) electrons. The molecule has 0 saturated carbocycles. The molecule has 0 atom stereocenters. The van der Waals surface area contributed by atoms with Crippen LogP contribution in [0, 0.1) is 0 Å². The molecule has 23 heavy (non-hydrogen) atoms. The Bertz CT molecular complexity index is 494. The molecular formula is C16H29N5OS. The molecule has 130 valence electrons. The molecule has 1 fully saturated rings. The van der Waals surface area contributed by atoms with Gasteiger partial charge in [0.05, 0.1) is 18.3 Å². The highest BCUT2D eigenvalue weighted by Gasteiger charge is 2.21. The largest absolute Gasteiger partial charge is 0.378 e. The number of nitrogens with zero attached hydrogens (tertiary/aromatic N) is 4. The lowest BCUT2D eigenvalue weighted by molar-refractivity contribution is 0.0263. The Hall–Kier alpha value is -1.34. The molecular weight excluding hydrogens is 310 g/mol. The zero-order valence-electron chi connectivity index (χ0n) is 14.7. The van der Waals surface area contributed by atoms with E-state index in [4.69, 9.17) is 9.73 Å². The van der Waals surface area contributed by atoms with Crippen molar-refractivity contribution >= 4 is 22.4 Å². The first-order chi connectivity index (χ1) is 11.1. The highest BCUT2D eigenvalue weighted by molar-refractivity contribution is 7.13. The summed E-state index contributed by atoms with van der Waals surface area (Å²) in [5.74, 6) is 0.988. The van der Waals surface area contributed by atoms with Gasteiger partial charge in [-0.2, -0.15) is 0 Å². The molecule has 1 N–H and O–H groups in total. The Morgan fingerprint density at radius 3 is 2.74 bits per heavy atom. The van der Waals surface area contributed by atoms with Crippen LogP contribution >= 0.6 is 11.3 Å². The van der Waals surface area contributed by atoms with Crippen molar-refractivity contribution in [3.05, 3.63) is 11.1 Å². The maximum Gasteiger partial charge on any atom is 0.194 e. The molecule has 6 nitrogen and oxygen atoms in total. The van der Waals surface area contributed by atoms with Crippen LogP contribution in [0.25, 0.3) is 0 Å². The number of guanidine groups is 1. The van der Waals surface area contributed by atoms with Crippen molar-refractivity contribution in [1.82, 2.24) is 15.2 Å². The number of anilines is 1. The van der Waals surface area contributed by atoms with Crippen LogP contribution in [-0.4, -0.2) is 62.3 Å². The number of thiazole rings is 1. The van der Waals surface area contributed by atoms with Gasteiger partial charge in [0.2, 0.25) is 0 Å². The summed E-state index contributed by atoms with van der Waals surface area (Å²) >= 11 is 1.66. The molecule has 2 rings (SSSR count). The Labute approximate surface area is 143 Å². The van der Waals surface area contributed by atoms with E-state index in [9.17, 15) is 0 Å². The Balaban J connectivity index is 1.94. The molecule has 0 amide bonds. The van der Waals surface area contributed by atoms with E-state index >= 15 is 0 Å². The van der Waals surface area contributed by atoms with Gasteiger partial charge in [-0.1, -0.05) is 0 Å². The van der Waals surface area contributed by atoms with Crippen LogP contribution in [-0.2, 0) is 11.3 Å². The summed E-state index contributed by atoms with van der Waals surface area (Å²) in [6, 6.07) is 0. The van der Waals surface area contributed by atoms with E-state index in [1.807, 2.05) is 19.0 Å². The second-order valence-corrected chi connectivity index (χ2v) is 6.66. The van der Waals surface area contributed by atoms with Crippen LogP contribution in [0.15, 0.2) is 10.4 Å². The quantitative estimate of drug-likeness (QED) is 0.636. The summed E-state index contributed by atoms with van der Waals surface area (Å²) in [4.78, 5) is 13.7. The number of ether oxygens (including phenoxy) is 1. The fourth-order valence-electron chi connectivity index (χ4n) is 2.63. The lowest BCUT2D eigenvalue weighted by Gasteiger charge is -2.34. The molecule has 0 unspecified atom stereocenters. The van der Waals surface area contributed by atoms with Crippen molar-refractivity contribution in [2.45, 2.75) is 39.3 Å².